The zero-order valence-electron chi connectivity index (χ0n) is 12.4. The Morgan fingerprint density at radius 2 is 2.05 bits per heavy atom. The predicted octanol–water partition coefficient (Wildman–Crippen LogP) is 1.45. The van der Waals surface area contributed by atoms with Crippen molar-refractivity contribution in [2.75, 3.05) is 51.3 Å². The molecule has 1 saturated heterocycles. The number of ether oxygens (including phenoxy) is 1. The number of anilines is 1. The van der Waals surface area contributed by atoms with Crippen LogP contribution in [0.25, 0.3) is 0 Å². The van der Waals surface area contributed by atoms with E-state index in [-0.39, 0.29) is 0 Å². The van der Waals surface area contributed by atoms with Crippen LogP contribution in [0.1, 0.15) is 17.5 Å². The molecule has 1 aromatic carbocycles. The molecule has 0 bridgehead atoms. The summed E-state index contributed by atoms with van der Waals surface area (Å²) in [4.78, 5) is 5.07. The third-order valence-electron chi connectivity index (χ3n) is 4.30. The molecular formula is C16H25N3O. The molecular weight excluding hydrogens is 250 g/mol. The molecule has 4 heteroatoms. The molecule has 1 aromatic rings. The lowest BCUT2D eigenvalue weighted by Gasteiger charge is -2.31. The number of nitrogens with zero attached hydrogens (tertiary/aromatic N) is 2. The second-order valence-corrected chi connectivity index (χ2v) is 5.71. The monoisotopic (exact) mass is 275 g/mol. The van der Waals surface area contributed by atoms with Gasteiger partial charge in [-0.1, -0.05) is 12.1 Å². The van der Waals surface area contributed by atoms with Crippen molar-refractivity contribution in [3.63, 3.8) is 0 Å². The van der Waals surface area contributed by atoms with Gasteiger partial charge in [-0.2, -0.15) is 0 Å². The first-order valence-electron chi connectivity index (χ1n) is 7.66. The lowest BCUT2D eigenvalue weighted by Crippen LogP contribution is -2.43. The second-order valence-electron chi connectivity index (χ2n) is 5.71. The second kappa shape index (κ2) is 6.57. The summed E-state index contributed by atoms with van der Waals surface area (Å²) in [6.45, 7) is 8.63. The minimum atomic E-state index is 0.859. The molecule has 0 spiro atoms. The first-order valence-corrected chi connectivity index (χ1v) is 7.66. The summed E-state index contributed by atoms with van der Waals surface area (Å²) in [5, 5.41) is 3.43. The normalized spacial score (nSPS) is 19.4. The fraction of sp³-hybridized carbons (Fsp3) is 0.625. The van der Waals surface area contributed by atoms with Gasteiger partial charge in [-0.25, -0.2) is 0 Å². The maximum atomic E-state index is 5.16. The molecule has 0 saturated carbocycles. The van der Waals surface area contributed by atoms with Crippen LogP contribution in [0.15, 0.2) is 18.2 Å². The van der Waals surface area contributed by atoms with E-state index in [0.29, 0.717) is 0 Å². The zero-order valence-corrected chi connectivity index (χ0v) is 12.4. The van der Waals surface area contributed by atoms with Gasteiger partial charge >= 0.3 is 0 Å². The smallest absolute Gasteiger partial charge is 0.0474 e. The first kappa shape index (κ1) is 13.9. The van der Waals surface area contributed by atoms with Crippen LogP contribution < -0.4 is 10.2 Å². The van der Waals surface area contributed by atoms with E-state index in [1.54, 1.807) is 12.7 Å². The number of nitrogens with one attached hydrogen (secondary N) is 1. The van der Waals surface area contributed by atoms with Crippen LogP contribution in [0.5, 0.6) is 0 Å². The van der Waals surface area contributed by atoms with Gasteiger partial charge in [-0.15, -0.1) is 0 Å². The van der Waals surface area contributed by atoms with E-state index < -0.39 is 0 Å². The number of benzene rings is 1. The van der Waals surface area contributed by atoms with Gasteiger partial charge in [0.25, 0.3) is 0 Å². The van der Waals surface area contributed by atoms with Gasteiger partial charge in [-0.3, -0.25) is 4.90 Å². The number of hydrogen-bond donors (Lipinski definition) is 1. The van der Waals surface area contributed by atoms with Crippen LogP contribution in [-0.4, -0.2) is 51.3 Å². The van der Waals surface area contributed by atoms with Crippen LogP contribution >= 0.6 is 0 Å². The molecule has 4 nitrogen and oxygen atoms in total. The summed E-state index contributed by atoms with van der Waals surface area (Å²) in [6.07, 6.45) is 1.12. The summed E-state index contributed by atoms with van der Waals surface area (Å²) < 4.78 is 5.16. The van der Waals surface area contributed by atoms with Gasteiger partial charge in [0.05, 0.1) is 0 Å². The summed E-state index contributed by atoms with van der Waals surface area (Å²) in [5.41, 5.74) is 4.52. The van der Waals surface area contributed by atoms with Crippen molar-refractivity contribution in [3.05, 3.63) is 29.3 Å². The van der Waals surface area contributed by atoms with Crippen molar-refractivity contribution >= 4 is 5.69 Å². The quantitative estimate of drug-likeness (QED) is 0.823. The standard InChI is InChI=1S/C16H25N3O/c1-20-11-3-8-18-12-14-4-2-5-16(15(14)13-18)19-9-6-17-7-10-19/h2,4-5,17H,3,6-13H2,1H3. The van der Waals surface area contributed by atoms with Gasteiger partial charge in [0.15, 0.2) is 0 Å². The molecule has 110 valence electrons. The zero-order chi connectivity index (χ0) is 13.8. The van der Waals surface area contributed by atoms with Crippen molar-refractivity contribution in [2.24, 2.45) is 0 Å². The third kappa shape index (κ3) is 2.97. The van der Waals surface area contributed by atoms with Gasteiger partial charge < -0.3 is 15.0 Å². The molecule has 0 aliphatic carbocycles. The molecule has 1 N–H and O–H groups in total. The van der Waals surface area contributed by atoms with Crippen molar-refractivity contribution in [3.8, 4) is 0 Å². The van der Waals surface area contributed by atoms with Crippen LogP contribution in [0, 0.1) is 0 Å². The van der Waals surface area contributed by atoms with Crippen molar-refractivity contribution in [1.29, 1.82) is 0 Å². The number of rotatable bonds is 5. The Labute approximate surface area is 121 Å². The highest BCUT2D eigenvalue weighted by Crippen LogP contribution is 2.31. The third-order valence-corrected chi connectivity index (χ3v) is 4.30. The highest BCUT2D eigenvalue weighted by atomic mass is 16.5. The Morgan fingerprint density at radius 3 is 2.85 bits per heavy atom. The van der Waals surface area contributed by atoms with Crippen LogP contribution in [0.3, 0.4) is 0 Å². The van der Waals surface area contributed by atoms with Crippen LogP contribution in [0.2, 0.25) is 0 Å². The van der Waals surface area contributed by atoms with E-state index in [0.717, 1.165) is 58.8 Å². The van der Waals surface area contributed by atoms with E-state index in [9.17, 15) is 0 Å². The molecule has 0 aromatic heterocycles. The lowest BCUT2D eigenvalue weighted by atomic mass is 10.1. The Balaban J connectivity index is 1.69. The molecule has 2 aliphatic heterocycles. The first-order chi connectivity index (χ1) is 9.88. The molecule has 0 atom stereocenters. The molecule has 0 unspecified atom stereocenters. The Morgan fingerprint density at radius 1 is 1.20 bits per heavy atom. The highest BCUT2D eigenvalue weighted by Gasteiger charge is 2.23. The molecule has 0 amide bonds. The molecule has 3 rings (SSSR count). The Kier molecular flexibility index (Phi) is 4.55. The highest BCUT2D eigenvalue weighted by molar-refractivity contribution is 5.58. The summed E-state index contributed by atoms with van der Waals surface area (Å²) >= 11 is 0. The fourth-order valence-corrected chi connectivity index (χ4v) is 3.26. The number of hydrogen-bond acceptors (Lipinski definition) is 4. The maximum Gasteiger partial charge on any atom is 0.0474 e. The van der Waals surface area contributed by atoms with E-state index in [1.165, 1.54) is 11.3 Å². The topological polar surface area (TPSA) is 27.7 Å². The largest absolute Gasteiger partial charge is 0.385 e. The predicted molar refractivity (Wildman–Crippen MR) is 82.1 cm³/mol. The van der Waals surface area contributed by atoms with E-state index in [2.05, 4.69) is 33.3 Å². The number of methoxy groups -OCH3 is 1. The van der Waals surface area contributed by atoms with Gasteiger partial charge in [-0.05, 0) is 23.6 Å². The van der Waals surface area contributed by atoms with Crippen molar-refractivity contribution < 1.29 is 4.74 Å². The molecule has 1 fully saturated rings. The SMILES string of the molecule is COCCCN1Cc2cccc(N3CCNCC3)c2C1. The number of fused-ring (bicyclic) bond motifs is 1. The van der Waals surface area contributed by atoms with E-state index in [4.69, 9.17) is 4.74 Å². The molecule has 2 heterocycles. The van der Waals surface area contributed by atoms with E-state index >= 15 is 0 Å². The summed E-state index contributed by atoms with van der Waals surface area (Å²) in [6, 6.07) is 6.80. The minimum absolute atomic E-state index is 0.859. The van der Waals surface area contributed by atoms with Crippen LogP contribution in [-0.2, 0) is 17.8 Å². The maximum absolute atomic E-state index is 5.16. The van der Waals surface area contributed by atoms with Gasteiger partial charge in [0, 0.05) is 65.2 Å². The Bertz CT molecular complexity index is 443. The van der Waals surface area contributed by atoms with Gasteiger partial charge in [0.1, 0.15) is 0 Å². The summed E-state index contributed by atoms with van der Waals surface area (Å²) in [7, 11) is 1.78. The fourth-order valence-electron chi connectivity index (χ4n) is 3.26. The summed E-state index contributed by atoms with van der Waals surface area (Å²) in [5.74, 6) is 0. The van der Waals surface area contributed by atoms with Crippen LogP contribution in [0.4, 0.5) is 5.69 Å². The number of piperazine rings is 1. The molecule has 20 heavy (non-hydrogen) atoms. The van der Waals surface area contributed by atoms with Gasteiger partial charge in [0.2, 0.25) is 0 Å². The Hall–Kier alpha value is -1.10. The van der Waals surface area contributed by atoms with Crippen molar-refractivity contribution in [2.45, 2.75) is 19.5 Å². The lowest BCUT2D eigenvalue weighted by molar-refractivity contribution is 0.172. The molecule has 2 aliphatic rings. The average molecular weight is 275 g/mol. The van der Waals surface area contributed by atoms with E-state index in [1.807, 2.05) is 0 Å². The van der Waals surface area contributed by atoms with Crippen molar-refractivity contribution in [1.82, 2.24) is 10.2 Å². The molecule has 0 radical (unpaired) electrons. The minimum Gasteiger partial charge on any atom is -0.385 e. The average Bonchev–Trinajstić information content (AvgIpc) is 2.91.